The van der Waals surface area contributed by atoms with Crippen LogP contribution in [0.4, 0.5) is 8.78 Å². The highest BCUT2D eigenvalue weighted by atomic mass is 19.1. The van der Waals surface area contributed by atoms with Crippen molar-refractivity contribution in [1.82, 2.24) is 5.32 Å². The Labute approximate surface area is 161 Å². The van der Waals surface area contributed by atoms with Crippen LogP contribution < -0.4 is 5.32 Å². The molecule has 6 nitrogen and oxygen atoms in total. The third kappa shape index (κ3) is 4.48. The molecule has 152 valence electrons. The van der Waals surface area contributed by atoms with Crippen molar-refractivity contribution in [2.45, 2.75) is 57.3 Å². The summed E-state index contributed by atoms with van der Waals surface area (Å²) >= 11 is 0. The molecule has 0 spiro atoms. The summed E-state index contributed by atoms with van der Waals surface area (Å²) in [6, 6.07) is 7.45. The molecule has 1 saturated heterocycles. The topological polar surface area (TPSA) is 81.7 Å². The predicted molar refractivity (Wildman–Crippen MR) is 94.3 cm³/mol. The van der Waals surface area contributed by atoms with Gasteiger partial charge in [-0.25, -0.2) is 8.78 Å². The number of ether oxygens (including phenoxy) is 2. The van der Waals surface area contributed by atoms with Crippen molar-refractivity contribution in [3.63, 3.8) is 0 Å². The van der Waals surface area contributed by atoms with E-state index in [0.717, 1.165) is 5.56 Å². The maximum Gasteiger partial charge on any atom is 0.312 e. The van der Waals surface area contributed by atoms with Gasteiger partial charge in [0, 0.05) is 5.92 Å². The zero-order chi connectivity index (χ0) is 20.3. The normalized spacial score (nSPS) is 32.5. The van der Waals surface area contributed by atoms with Crippen LogP contribution in [0.25, 0.3) is 0 Å². The molecule has 1 N–H and O–H groups in total. The lowest BCUT2D eigenvalue weighted by molar-refractivity contribution is -0.156. The van der Waals surface area contributed by atoms with Crippen molar-refractivity contribution in [2.75, 3.05) is 0 Å². The van der Waals surface area contributed by atoms with Crippen molar-refractivity contribution in [3.05, 3.63) is 35.9 Å². The molecule has 1 saturated carbocycles. The maximum atomic E-state index is 14.9. The van der Waals surface area contributed by atoms with Gasteiger partial charge in [0.15, 0.2) is 6.10 Å². The van der Waals surface area contributed by atoms with Gasteiger partial charge in [-0.3, -0.25) is 14.4 Å². The fourth-order valence-corrected chi connectivity index (χ4v) is 3.62. The Morgan fingerprint density at radius 1 is 1.21 bits per heavy atom. The molecule has 3 rings (SSSR count). The van der Waals surface area contributed by atoms with Gasteiger partial charge in [0.2, 0.25) is 0 Å². The zero-order valence-corrected chi connectivity index (χ0v) is 15.5. The van der Waals surface area contributed by atoms with E-state index in [1.54, 1.807) is 31.2 Å². The van der Waals surface area contributed by atoms with E-state index in [4.69, 9.17) is 9.47 Å². The second-order valence-corrected chi connectivity index (χ2v) is 7.36. The molecular formula is C20H23F2NO5. The molecule has 1 amide bonds. The van der Waals surface area contributed by atoms with Crippen LogP contribution in [0.2, 0.25) is 0 Å². The van der Waals surface area contributed by atoms with Gasteiger partial charge in [-0.1, -0.05) is 37.3 Å². The Morgan fingerprint density at radius 3 is 2.57 bits per heavy atom. The smallest absolute Gasteiger partial charge is 0.312 e. The number of esters is 2. The lowest BCUT2D eigenvalue weighted by Crippen LogP contribution is -2.57. The van der Waals surface area contributed by atoms with Crippen LogP contribution >= 0.6 is 0 Å². The number of nitrogens with one attached hydrogen (secondary N) is 1. The number of halogens is 2. The molecule has 5 unspecified atom stereocenters. The number of carbonyl (C=O) groups is 3. The molecule has 2 fully saturated rings. The van der Waals surface area contributed by atoms with Crippen LogP contribution in [0.1, 0.15) is 31.7 Å². The maximum absolute atomic E-state index is 14.9. The van der Waals surface area contributed by atoms with E-state index >= 15 is 0 Å². The summed E-state index contributed by atoms with van der Waals surface area (Å²) in [5.74, 6) is -3.56. The number of cyclic esters (lactones) is 1. The number of hydrogen-bond donors (Lipinski definition) is 1. The first-order valence-corrected chi connectivity index (χ1v) is 9.35. The molecular weight excluding hydrogens is 372 g/mol. The molecule has 1 aliphatic carbocycles. The van der Waals surface area contributed by atoms with E-state index in [9.17, 15) is 23.2 Å². The largest absolute Gasteiger partial charge is 0.461 e. The van der Waals surface area contributed by atoms with Gasteiger partial charge in [0.05, 0.1) is 18.4 Å². The first-order chi connectivity index (χ1) is 13.4. The first-order valence-electron chi connectivity index (χ1n) is 9.35. The van der Waals surface area contributed by atoms with Gasteiger partial charge in [0.1, 0.15) is 19.0 Å². The van der Waals surface area contributed by atoms with Crippen LogP contribution in [-0.4, -0.2) is 42.3 Å². The van der Waals surface area contributed by atoms with Crippen LogP contribution in [0.15, 0.2) is 30.3 Å². The van der Waals surface area contributed by atoms with Crippen LogP contribution in [-0.2, 0) is 30.5 Å². The molecule has 28 heavy (non-hydrogen) atoms. The Morgan fingerprint density at radius 2 is 1.93 bits per heavy atom. The van der Waals surface area contributed by atoms with Crippen molar-refractivity contribution < 1.29 is 32.6 Å². The molecule has 1 aromatic rings. The SMILES string of the molecule is CC1CC(=O)OC1C(=O)NC1C(F)C(C(=O)OCc2ccccc2)CC[C@@H]1F. The second kappa shape index (κ2) is 8.67. The number of amides is 1. The van der Waals surface area contributed by atoms with Gasteiger partial charge in [-0.05, 0) is 18.4 Å². The molecule has 0 radical (unpaired) electrons. The second-order valence-electron chi connectivity index (χ2n) is 7.36. The standard InChI is InChI=1S/C20H23F2NO5/c1-11-9-15(24)28-18(11)19(25)23-17-14(21)8-7-13(16(17)22)20(26)27-10-12-5-3-2-4-6-12/h2-6,11,13-14,16-18H,7-10H2,1H3,(H,23,25)/t11?,13?,14-,16?,17?,18?/m0/s1. The number of rotatable bonds is 5. The summed E-state index contributed by atoms with van der Waals surface area (Å²) in [4.78, 5) is 35.9. The van der Waals surface area contributed by atoms with Gasteiger partial charge in [-0.15, -0.1) is 0 Å². The Hall–Kier alpha value is -2.51. The van der Waals surface area contributed by atoms with Crippen molar-refractivity contribution in [2.24, 2.45) is 11.8 Å². The highest BCUT2D eigenvalue weighted by Crippen LogP contribution is 2.31. The minimum Gasteiger partial charge on any atom is -0.461 e. The predicted octanol–water partition coefficient (Wildman–Crippen LogP) is 2.25. The van der Waals surface area contributed by atoms with Crippen molar-refractivity contribution in [1.29, 1.82) is 0 Å². The number of carbonyl (C=O) groups excluding carboxylic acids is 3. The van der Waals surface area contributed by atoms with E-state index in [1.165, 1.54) is 0 Å². The first kappa shape index (κ1) is 20.2. The van der Waals surface area contributed by atoms with Gasteiger partial charge < -0.3 is 14.8 Å². The van der Waals surface area contributed by atoms with E-state index in [0.29, 0.717) is 0 Å². The molecule has 1 heterocycles. The van der Waals surface area contributed by atoms with Crippen LogP contribution in [0.5, 0.6) is 0 Å². The van der Waals surface area contributed by atoms with Crippen molar-refractivity contribution in [3.8, 4) is 0 Å². The fourth-order valence-electron chi connectivity index (χ4n) is 3.62. The van der Waals surface area contributed by atoms with Gasteiger partial charge >= 0.3 is 11.9 Å². The third-order valence-corrected chi connectivity index (χ3v) is 5.23. The quantitative estimate of drug-likeness (QED) is 0.774. The Kier molecular flexibility index (Phi) is 6.26. The average Bonchev–Trinajstić information content (AvgIpc) is 3.02. The van der Waals surface area contributed by atoms with Crippen LogP contribution in [0.3, 0.4) is 0 Å². The Balaban J connectivity index is 1.60. The minimum atomic E-state index is -1.93. The molecule has 0 aromatic heterocycles. The zero-order valence-electron chi connectivity index (χ0n) is 15.5. The third-order valence-electron chi connectivity index (χ3n) is 5.23. The van der Waals surface area contributed by atoms with Crippen LogP contribution in [0, 0.1) is 11.8 Å². The van der Waals surface area contributed by atoms with Gasteiger partial charge in [0.25, 0.3) is 5.91 Å². The molecule has 1 aliphatic heterocycles. The number of benzene rings is 1. The minimum absolute atomic E-state index is 0.00283. The fraction of sp³-hybridized carbons (Fsp3) is 0.550. The molecule has 6 atom stereocenters. The molecule has 8 heteroatoms. The summed E-state index contributed by atoms with van der Waals surface area (Å²) < 4.78 is 39.3. The Bertz CT molecular complexity index is 729. The highest BCUT2D eigenvalue weighted by Gasteiger charge is 2.47. The lowest BCUT2D eigenvalue weighted by atomic mass is 9.82. The average molecular weight is 395 g/mol. The number of alkyl halides is 2. The van der Waals surface area contributed by atoms with Crippen molar-refractivity contribution >= 4 is 17.8 Å². The van der Waals surface area contributed by atoms with E-state index in [-0.39, 0.29) is 31.8 Å². The van der Waals surface area contributed by atoms with Gasteiger partial charge in [-0.2, -0.15) is 0 Å². The van der Waals surface area contributed by atoms with E-state index in [2.05, 4.69) is 5.32 Å². The summed E-state index contributed by atoms with van der Waals surface area (Å²) in [7, 11) is 0. The molecule has 1 aromatic carbocycles. The summed E-state index contributed by atoms with van der Waals surface area (Å²) in [6.45, 7) is 1.65. The number of hydrogen-bond acceptors (Lipinski definition) is 5. The lowest BCUT2D eigenvalue weighted by Gasteiger charge is -2.35. The summed E-state index contributed by atoms with van der Waals surface area (Å²) in [6.07, 6.45) is -4.63. The molecule has 2 aliphatic rings. The monoisotopic (exact) mass is 395 g/mol. The van der Waals surface area contributed by atoms with E-state index < -0.39 is 48.3 Å². The summed E-state index contributed by atoms with van der Waals surface area (Å²) in [5.41, 5.74) is 0.757. The molecule has 0 bridgehead atoms. The van der Waals surface area contributed by atoms with E-state index in [1.807, 2.05) is 6.07 Å². The summed E-state index contributed by atoms with van der Waals surface area (Å²) in [5, 5.41) is 2.30. The highest BCUT2D eigenvalue weighted by molar-refractivity contribution is 5.87.